The summed E-state index contributed by atoms with van der Waals surface area (Å²) >= 11 is 3.49. The SMILES string of the molecule is CCc1nn(CC)c(CON)c1Br. The minimum Gasteiger partial charge on any atom is -0.298 e. The first kappa shape index (κ1) is 10.7. The van der Waals surface area contributed by atoms with E-state index in [0.29, 0.717) is 6.61 Å². The van der Waals surface area contributed by atoms with Gasteiger partial charge in [0.2, 0.25) is 0 Å². The number of hydrogen-bond donors (Lipinski definition) is 1. The normalized spacial score (nSPS) is 10.8. The number of nitrogens with zero attached hydrogens (tertiary/aromatic N) is 2. The van der Waals surface area contributed by atoms with E-state index >= 15 is 0 Å². The van der Waals surface area contributed by atoms with Crippen LogP contribution in [0.3, 0.4) is 0 Å². The first-order chi connectivity index (χ1) is 6.24. The molecule has 0 saturated carbocycles. The molecular weight excluding hydrogens is 234 g/mol. The lowest BCUT2D eigenvalue weighted by molar-refractivity contribution is 0.117. The Bertz CT molecular complexity index is 285. The van der Waals surface area contributed by atoms with Gasteiger partial charge in [-0.05, 0) is 29.3 Å². The van der Waals surface area contributed by atoms with Crippen LogP contribution in [0.4, 0.5) is 0 Å². The van der Waals surface area contributed by atoms with Crippen LogP contribution in [0.2, 0.25) is 0 Å². The minimum absolute atomic E-state index is 0.390. The Balaban J connectivity index is 3.05. The maximum Gasteiger partial charge on any atom is 0.111 e. The smallest absolute Gasteiger partial charge is 0.111 e. The topological polar surface area (TPSA) is 53.1 Å². The summed E-state index contributed by atoms with van der Waals surface area (Å²) in [5, 5.41) is 4.40. The zero-order valence-electron chi connectivity index (χ0n) is 7.88. The number of aryl methyl sites for hydroxylation is 2. The van der Waals surface area contributed by atoms with Gasteiger partial charge in [0.05, 0.1) is 15.9 Å². The first-order valence-corrected chi connectivity index (χ1v) is 5.09. The zero-order valence-corrected chi connectivity index (χ0v) is 9.47. The van der Waals surface area contributed by atoms with Crippen LogP contribution in [0.1, 0.15) is 25.2 Å². The molecular formula is C8H14BrN3O. The molecule has 0 amide bonds. The molecule has 1 aromatic rings. The van der Waals surface area contributed by atoms with Gasteiger partial charge in [0.1, 0.15) is 6.61 Å². The second kappa shape index (κ2) is 4.74. The molecule has 1 heterocycles. The minimum atomic E-state index is 0.390. The largest absolute Gasteiger partial charge is 0.298 e. The number of aromatic nitrogens is 2. The number of halogens is 1. The van der Waals surface area contributed by atoms with Gasteiger partial charge in [-0.3, -0.25) is 9.52 Å². The van der Waals surface area contributed by atoms with E-state index in [1.165, 1.54) is 0 Å². The Labute approximate surface area is 86.1 Å². The van der Waals surface area contributed by atoms with Crippen LogP contribution >= 0.6 is 15.9 Å². The molecule has 74 valence electrons. The van der Waals surface area contributed by atoms with Crippen LogP contribution < -0.4 is 5.90 Å². The fourth-order valence-corrected chi connectivity index (χ4v) is 1.91. The molecule has 0 fully saturated rings. The van der Waals surface area contributed by atoms with Crippen molar-refractivity contribution in [1.29, 1.82) is 0 Å². The summed E-state index contributed by atoms with van der Waals surface area (Å²) in [5.74, 6) is 5.04. The summed E-state index contributed by atoms with van der Waals surface area (Å²) in [6.45, 7) is 5.33. The van der Waals surface area contributed by atoms with Crippen LogP contribution in [0.5, 0.6) is 0 Å². The van der Waals surface area contributed by atoms with Crippen molar-refractivity contribution < 1.29 is 4.84 Å². The molecule has 0 aliphatic carbocycles. The van der Waals surface area contributed by atoms with Crippen LogP contribution in [-0.2, 0) is 24.4 Å². The van der Waals surface area contributed by atoms with Crippen molar-refractivity contribution in [2.45, 2.75) is 33.4 Å². The highest BCUT2D eigenvalue weighted by Gasteiger charge is 2.12. The first-order valence-electron chi connectivity index (χ1n) is 4.30. The van der Waals surface area contributed by atoms with E-state index in [1.54, 1.807) is 0 Å². The summed E-state index contributed by atoms with van der Waals surface area (Å²) < 4.78 is 2.91. The lowest BCUT2D eigenvalue weighted by atomic mass is 10.3. The van der Waals surface area contributed by atoms with E-state index in [4.69, 9.17) is 5.90 Å². The van der Waals surface area contributed by atoms with Crippen LogP contribution in [0, 0.1) is 0 Å². The summed E-state index contributed by atoms with van der Waals surface area (Å²) in [5.41, 5.74) is 2.05. The molecule has 1 rings (SSSR count). The number of nitrogens with two attached hydrogens (primary N) is 1. The van der Waals surface area contributed by atoms with Gasteiger partial charge in [-0.15, -0.1) is 0 Å². The Morgan fingerprint density at radius 1 is 1.54 bits per heavy atom. The Kier molecular flexibility index (Phi) is 3.90. The van der Waals surface area contributed by atoms with Crippen molar-refractivity contribution in [3.63, 3.8) is 0 Å². The van der Waals surface area contributed by atoms with Gasteiger partial charge in [-0.1, -0.05) is 6.92 Å². The highest BCUT2D eigenvalue weighted by Crippen LogP contribution is 2.22. The average Bonchev–Trinajstić information content (AvgIpc) is 2.45. The molecule has 2 N–H and O–H groups in total. The zero-order chi connectivity index (χ0) is 9.84. The quantitative estimate of drug-likeness (QED) is 0.823. The summed E-state index contributed by atoms with van der Waals surface area (Å²) in [6, 6.07) is 0. The lowest BCUT2D eigenvalue weighted by Crippen LogP contribution is -2.07. The third kappa shape index (κ3) is 2.10. The van der Waals surface area contributed by atoms with E-state index in [1.807, 2.05) is 11.6 Å². The number of rotatable bonds is 4. The second-order valence-electron chi connectivity index (χ2n) is 2.69. The molecule has 0 spiro atoms. The monoisotopic (exact) mass is 247 g/mol. The van der Waals surface area contributed by atoms with E-state index in [2.05, 4.69) is 32.8 Å². The summed E-state index contributed by atoms with van der Waals surface area (Å²) in [4.78, 5) is 4.62. The lowest BCUT2D eigenvalue weighted by Gasteiger charge is -2.02. The second-order valence-corrected chi connectivity index (χ2v) is 3.48. The predicted octanol–water partition coefficient (Wildman–Crippen LogP) is 1.62. The molecule has 0 aliphatic heterocycles. The van der Waals surface area contributed by atoms with Crippen LogP contribution in [0.15, 0.2) is 4.47 Å². The van der Waals surface area contributed by atoms with Gasteiger partial charge in [-0.2, -0.15) is 5.10 Å². The van der Waals surface area contributed by atoms with E-state index in [9.17, 15) is 0 Å². The standard InChI is InChI=1S/C8H14BrN3O/c1-3-6-8(9)7(5-13-10)12(4-2)11-6/h3-5,10H2,1-2H3. The van der Waals surface area contributed by atoms with Gasteiger partial charge in [0, 0.05) is 6.54 Å². The van der Waals surface area contributed by atoms with Gasteiger partial charge in [-0.25, -0.2) is 5.90 Å². The Hall–Kier alpha value is -0.390. The van der Waals surface area contributed by atoms with E-state index in [-0.39, 0.29) is 0 Å². The Morgan fingerprint density at radius 3 is 2.69 bits per heavy atom. The predicted molar refractivity (Wildman–Crippen MR) is 54.0 cm³/mol. The third-order valence-electron chi connectivity index (χ3n) is 1.91. The molecule has 0 atom stereocenters. The van der Waals surface area contributed by atoms with Crippen LogP contribution in [-0.4, -0.2) is 9.78 Å². The van der Waals surface area contributed by atoms with E-state index < -0.39 is 0 Å². The summed E-state index contributed by atoms with van der Waals surface area (Å²) in [6.07, 6.45) is 0.908. The highest BCUT2D eigenvalue weighted by molar-refractivity contribution is 9.10. The maximum atomic E-state index is 5.04. The average molecular weight is 248 g/mol. The van der Waals surface area contributed by atoms with Gasteiger partial charge < -0.3 is 0 Å². The molecule has 0 aliphatic rings. The molecule has 4 nitrogen and oxygen atoms in total. The fraction of sp³-hybridized carbons (Fsp3) is 0.625. The fourth-order valence-electron chi connectivity index (χ4n) is 1.23. The van der Waals surface area contributed by atoms with Gasteiger partial charge in [0.25, 0.3) is 0 Å². The molecule has 0 unspecified atom stereocenters. The molecule has 0 aromatic carbocycles. The van der Waals surface area contributed by atoms with Crippen molar-refractivity contribution >= 4 is 15.9 Å². The van der Waals surface area contributed by atoms with Crippen LogP contribution in [0.25, 0.3) is 0 Å². The van der Waals surface area contributed by atoms with Crippen molar-refractivity contribution in [2.75, 3.05) is 0 Å². The highest BCUT2D eigenvalue weighted by atomic mass is 79.9. The van der Waals surface area contributed by atoms with Crippen molar-refractivity contribution in [3.8, 4) is 0 Å². The summed E-state index contributed by atoms with van der Waals surface area (Å²) in [7, 11) is 0. The number of hydrogen-bond acceptors (Lipinski definition) is 3. The molecule has 0 bridgehead atoms. The van der Waals surface area contributed by atoms with Crippen molar-refractivity contribution in [1.82, 2.24) is 9.78 Å². The maximum absolute atomic E-state index is 5.04. The van der Waals surface area contributed by atoms with Crippen molar-refractivity contribution in [2.24, 2.45) is 5.90 Å². The molecule has 0 radical (unpaired) electrons. The van der Waals surface area contributed by atoms with Gasteiger partial charge in [0.15, 0.2) is 0 Å². The van der Waals surface area contributed by atoms with Gasteiger partial charge >= 0.3 is 0 Å². The van der Waals surface area contributed by atoms with Crippen molar-refractivity contribution in [3.05, 3.63) is 15.9 Å². The van der Waals surface area contributed by atoms with E-state index in [0.717, 1.165) is 28.8 Å². The Morgan fingerprint density at radius 2 is 2.23 bits per heavy atom. The molecule has 0 saturated heterocycles. The third-order valence-corrected chi connectivity index (χ3v) is 2.83. The molecule has 5 heteroatoms. The molecule has 13 heavy (non-hydrogen) atoms. The molecule has 1 aromatic heterocycles.